The molecule has 0 aliphatic carbocycles. The van der Waals surface area contributed by atoms with E-state index in [1.54, 1.807) is 26.4 Å². The fourth-order valence-electron chi connectivity index (χ4n) is 1.41. The van der Waals surface area contributed by atoms with Crippen LogP contribution in [0.5, 0.6) is 5.75 Å². The molecule has 5 nitrogen and oxygen atoms in total. The molecule has 0 bridgehead atoms. The average Bonchev–Trinajstić information content (AvgIpc) is 2.39. The van der Waals surface area contributed by atoms with Crippen LogP contribution in [0.4, 0.5) is 5.69 Å². The number of hydrogen-bond acceptors (Lipinski definition) is 4. The highest BCUT2D eigenvalue weighted by atomic mass is 16.5. The molecule has 1 atom stereocenters. The largest absolute Gasteiger partial charge is 0.495 e. The minimum absolute atomic E-state index is 0.0871. The molecule has 0 aliphatic rings. The molecule has 0 saturated heterocycles. The number of amides is 1. The Bertz CT molecular complexity index is 382. The van der Waals surface area contributed by atoms with Crippen molar-refractivity contribution in [2.45, 2.75) is 13.0 Å². The number of hydrogen-bond donors (Lipinski definition) is 2. The van der Waals surface area contributed by atoms with Crippen LogP contribution in [0.1, 0.15) is 6.92 Å². The molecule has 0 saturated carbocycles. The maximum atomic E-state index is 11.7. The van der Waals surface area contributed by atoms with E-state index in [0.717, 1.165) is 0 Å². The number of ether oxygens (including phenoxy) is 2. The Morgan fingerprint density at radius 2 is 2.06 bits per heavy atom. The predicted molar refractivity (Wildman–Crippen MR) is 71.0 cm³/mol. The van der Waals surface area contributed by atoms with Crippen LogP contribution in [-0.4, -0.2) is 39.3 Å². The van der Waals surface area contributed by atoms with Crippen molar-refractivity contribution < 1.29 is 14.3 Å². The smallest absolute Gasteiger partial charge is 0.238 e. The summed E-state index contributed by atoms with van der Waals surface area (Å²) in [5.41, 5.74) is 0.673. The van der Waals surface area contributed by atoms with Crippen LogP contribution < -0.4 is 15.4 Å². The maximum Gasteiger partial charge on any atom is 0.238 e. The van der Waals surface area contributed by atoms with Crippen molar-refractivity contribution in [2.24, 2.45) is 0 Å². The first-order chi connectivity index (χ1) is 8.67. The first-order valence-corrected chi connectivity index (χ1v) is 5.83. The molecule has 1 amide bonds. The molecule has 0 radical (unpaired) electrons. The average molecular weight is 252 g/mol. The van der Waals surface area contributed by atoms with Gasteiger partial charge in [-0.25, -0.2) is 0 Å². The number of benzene rings is 1. The molecule has 0 fully saturated rings. The Labute approximate surface area is 107 Å². The van der Waals surface area contributed by atoms with Crippen LogP contribution in [0.3, 0.4) is 0 Å². The Morgan fingerprint density at radius 1 is 1.33 bits per heavy atom. The molecule has 0 aliphatic heterocycles. The molecule has 0 aromatic heterocycles. The second kappa shape index (κ2) is 7.68. The summed E-state index contributed by atoms with van der Waals surface area (Å²) in [6, 6.07) is 7.30. The number of carbonyl (C=O) groups is 1. The number of anilines is 1. The Kier molecular flexibility index (Phi) is 6.18. The van der Waals surface area contributed by atoms with Crippen LogP contribution in [0.25, 0.3) is 0 Å². The third kappa shape index (κ3) is 4.73. The number of rotatable bonds is 7. The van der Waals surface area contributed by atoms with Gasteiger partial charge in [-0.1, -0.05) is 12.1 Å². The van der Waals surface area contributed by atoms with Crippen molar-refractivity contribution in [3.05, 3.63) is 24.3 Å². The normalized spacial score (nSPS) is 11.9. The fourth-order valence-corrected chi connectivity index (χ4v) is 1.41. The Balaban J connectivity index is 2.40. The molecule has 5 heteroatoms. The molecular formula is C13H20N2O3. The molecule has 1 aromatic carbocycles. The Morgan fingerprint density at radius 3 is 2.72 bits per heavy atom. The lowest BCUT2D eigenvalue weighted by atomic mass is 10.3. The summed E-state index contributed by atoms with van der Waals surface area (Å²) in [6.07, 6.45) is 0.0871. The van der Waals surface area contributed by atoms with Crippen molar-refractivity contribution in [3.8, 4) is 5.75 Å². The number of nitrogens with one attached hydrogen (secondary N) is 2. The summed E-state index contributed by atoms with van der Waals surface area (Å²) in [5.74, 6) is 0.541. The topological polar surface area (TPSA) is 59.6 Å². The lowest BCUT2D eigenvalue weighted by Gasteiger charge is -2.12. The van der Waals surface area contributed by atoms with E-state index in [9.17, 15) is 4.79 Å². The van der Waals surface area contributed by atoms with Gasteiger partial charge in [0.2, 0.25) is 5.91 Å². The second-order valence-corrected chi connectivity index (χ2v) is 3.93. The van der Waals surface area contributed by atoms with Gasteiger partial charge in [-0.3, -0.25) is 4.79 Å². The van der Waals surface area contributed by atoms with E-state index >= 15 is 0 Å². The molecule has 18 heavy (non-hydrogen) atoms. The van der Waals surface area contributed by atoms with Crippen LogP contribution in [-0.2, 0) is 9.53 Å². The highest BCUT2D eigenvalue weighted by Gasteiger charge is 2.07. The standard InChI is InChI=1S/C13H20N2O3/c1-10(17-2)8-14-9-13(16)15-11-6-4-5-7-12(11)18-3/h4-7,10,14H,8-9H2,1-3H3,(H,15,16). The highest BCUT2D eigenvalue weighted by Crippen LogP contribution is 2.22. The summed E-state index contributed by atoms with van der Waals surface area (Å²) in [7, 11) is 3.21. The van der Waals surface area contributed by atoms with Gasteiger partial charge in [-0.15, -0.1) is 0 Å². The third-order valence-electron chi connectivity index (χ3n) is 2.50. The summed E-state index contributed by atoms with van der Waals surface area (Å²) < 4.78 is 10.2. The quantitative estimate of drug-likeness (QED) is 0.767. The van der Waals surface area contributed by atoms with E-state index in [0.29, 0.717) is 18.0 Å². The summed E-state index contributed by atoms with van der Waals surface area (Å²) in [4.78, 5) is 11.7. The number of para-hydroxylation sites is 2. The van der Waals surface area contributed by atoms with Gasteiger partial charge < -0.3 is 20.1 Å². The van der Waals surface area contributed by atoms with Gasteiger partial charge in [0.15, 0.2) is 0 Å². The summed E-state index contributed by atoms with van der Waals surface area (Å²) >= 11 is 0. The fraction of sp³-hybridized carbons (Fsp3) is 0.462. The van der Waals surface area contributed by atoms with E-state index in [1.165, 1.54) is 0 Å². The van der Waals surface area contributed by atoms with Gasteiger partial charge in [0.05, 0.1) is 25.4 Å². The summed E-state index contributed by atoms with van der Waals surface area (Å²) in [6.45, 7) is 2.81. The van der Waals surface area contributed by atoms with Crippen molar-refractivity contribution >= 4 is 11.6 Å². The third-order valence-corrected chi connectivity index (χ3v) is 2.50. The molecule has 2 N–H and O–H groups in total. The zero-order valence-electron chi connectivity index (χ0n) is 11.0. The van der Waals surface area contributed by atoms with E-state index in [2.05, 4.69) is 10.6 Å². The maximum absolute atomic E-state index is 11.7. The van der Waals surface area contributed by atoms with Crippen molar-refractivity contribution in [1.82, 2.24) is 5.32 Å². The van der Waals surface area contributed by atoms with Crippen LogP contribution in [0.2, 0.25) is 0 Å². The lowest BCUT2D eigenvalue weighted by molar-refractivity contribution is -0.115. The molecule has 1 aromatic rings. The Hall–Kier alpha value is -1.59. The van der Waals surface area contributed by atoms with Crippen molar-refractivity contribution in [3.63, 3.8) is 0 Å². The molecule has 100 valence electrons. The van der Waals surface area contributed by atoms with Gasteiger partial charge >= 0.3 is 0 Å². The molecule has 0 spiro atoms. The SMILES string of the molecule is COc1ccccc1NC(=O)CNCC(C)OC. The van der Waals surface area contributed by atoms with Crippen molar-refractivity contribution in [1.29, 1.82) is 0 Å². The minimum Gasteiger partial charge on any atom is -0.495 e. The van der Waals surface area contributed by atoms with E-state index in [4.69, 9.17) is 9.47 Å². The van der Waals surface area contributed by atoms with Gasteiger partial charge in [0.1, 0.15) is 5.75 Å². The first kappa shape index (κ1) is 14.5. The van der Waals surface area contributed by atoms with E-state index < -0.39 is 0 Å². The molecular weight excluding hydrogens is 232 g/mol. The lowest BCUT2D eigenvalue weighted by Crippen LogP contribution is -2.33. The van der Waals surface area contributed by atoms with Crippen molar-refractivity contribution in [2.75, 3.05) is 32.6 Å². The predicted octanol–water partition coefficient (Wildman–Crippen LogP) is 1.26. The zero-order valence-corrected chi connectivity index (χ0v) is 11.0. The van der Waals surface area contributed by atoms with Gasteiger partial charge in [-0.2, -0.15) is 0 Å². The van der Waals surface area contributed by atoms with Gasteiger partial charge in [0.25, 0.3) is 0 Å². The second-order valence-electron chi connectivity index (χ2n) is 3.93. The number of methoxy groups -OCH3 is 2. The van der Waals surface area contributed by atoms with Gasteiger partial charge in [-0.05, 0) is 19.1 Å². The van der Waals surface area contributed by atoms with Crippen LogP contribution >= 0.6 is 0 Å². The number of carbonyl (C=O) groups excluding carboxylic acids is 1. The highest BCUT2D eigenvalue weighted by molar-refractivity contribution is 5.93. The molecule has 1 rings (SSSR count). The minimum atomic E-state index is -0.109. The van der Waals surface area contributed by atoms with Crippen LogP contribution in [0.15, 0.2) is 24.3 Å². The molecule has 0 heterocycles. The van der Waals surface area contributed by atoms with E-state index in [-0.39, 0.29) is 18.6 Å². The van der Waals surface area contributed by atoms with Gasteiger partial charge in [0, 0.05) is 13.7 Å². The van der Waals surface area contributed by atoms with Crippen LogP contribution in [0, 0.1) is 0 Å². The summed E-state index contributed by atoms with van der Waals surface area (Å²) in [5, 5.41) is 5.80. The monoisotopic (exact) mass is 252 g/mol. The zero-order chi connectivity index (χ0) is 13.4. The first-order valence-electron chi connectivity index (χ1n) is 5.83. The van der Waals surface area contributed by atoms with E-state index in [1.807, 2.05) is 19.1 Å². The molecule has 1 unspecified atom stereocenters.